The lowest BCUT2D eigenvalue weighted by Crippen LogP contribution is -2.26. The Balaban J connectivity index is 2.78. The zero-order valence-corrected chi connectivity index (χ0v) is 8.67. The number of aliphatic hydroxyl groups excluding tert-OH is 1. The van der Waals surface area contributed by atoms with Crippen molar-refractivity contribution in [2.45, 2.75) is 12.6 Å². The van der Waals surface area contributed by atoms with Gasteiger partial charge in [-0.2, -0.15) is 0 Å². The summed E-state index contributed by atoms with van der Waals surface area (Å²) in [5, 5.41) is 19.0. The molecule has 0 radical (unpaired) electrons. The zero-order valence-electron chi connectivity index (χ0n) is 8.67. The highest BCUT2D eigenvalue weighted by Crippen LogP contribution is 2.09. The van der Waals surface area contributed by atoms with E-state index in [9.17, 15) is 4.79 Å². The van der Waals surface area contributed by atoms with E-state index in [4.69, 9.17) is 5.11 Å². The van der Waals surface area contributed by atoms with Crippen LogP contribution < -0.4 is 5.32 Å². The van der Waals surface area contributed by atoms with Gasteiger partial charge in [-0.3, -0.25) is 0 Å². The van der Waals surface area contributed by atoms with Crippen molar-refractivity contribution in [2.75, 3.05) is 20.8 Å². The van der Waals surface area contributed by atoms with Gasteiger partial charge < -0.3 is 15.2 Å². The number of rotatable bonds is 5. The number of ether oxygens (including phenoxy) is 1. The van der Waals surface area contributed by atoms with Crippen LogP contribution in [0.1, 0.15) is 11.7 Å². The highest BCUT2D eigenvalue weighted by Gasteiger charge is 2.22. The van der Waals surface area contributed by atoms with Crippen LogP contribution in [-0.4, -0.2) is 46.8 Å². The van der Waals surface area contributed by atoms with Crippen LogP contribution in [0.15, 0.2) is 6.20 Å². The number of likely N-dealkylation sites (N-methyl/N-ethyl adjacent to an activating group) is 1. The van der Waals surface area contributed by atoms with E-state index in [-0.39, 0.29) is 6.61 Å². The fourth-order valence-electron chi connectivity index (χ4n) is 1.16. The van der Waals surface area contributed by atoms with Crippen LogP contribution in [0.25, 0.3) is 0 Å². The smallest absolute Gasteiger partial charge is 0.329 e. The summed E-state index contributed by atoms with van der Waals surface area (Å²) in [5.74, 6) is -0.423. The van der Waals surface area contributed by atoms with Gasteiger partial charge in [-0.1, -0.05) is 5.21 Å². The molecule has 1 rings (SSSR count). The predicted octanol–water partition coefficient (Wildman–Crippen LogP) is -1.30. The minimum atomic E-state index is -0.623. The Morgan fingerprint density at radius 3 is 3.07 bits per heavy atom. The molecule has 0 aliphatic rings. The Morgan fingerprint density at radius 2 is 2.53 bits per heavy atom. The fourth-order valence-corrected chi connectivity index (χ4v) is 1.16. The summed E-state index contributed by atoms with van der Waals surface area (Å²) in [6.45, 7) is 0.329. The number of carbonyl (C=O) groups is 1. The normalized spacial score (nSPS) is 12.5. The molecule has 7 heteroatoms. The van der Waals surface area contributed by atoms with E-state index >= 15 is 0 Å². The van der Waals surface area contributed by atoms with E-state index in [1.54, 1.807) is 13.2 Å². The summed E-state index contributed by atoms with van der Waals surface area (Å²) < 4.78 is 6.06. The van der Waals surface area contributed by atoms with Gasteiger partial charge in [0, 0.05) is 0 Å². The highest BCUT2D eigenvalue weighted by atomic mass is 16.5. The van der Waals surface area contributed by atoms with E-state index in [0.717, 1.165) is 0 Å². The van der Waals surface area contributed by atoms with Crippen LogP contribution in [0, 0.1) is 0 Å². The lowest BCUT2D eigenvalue weighted by atomic mass is 10.2. The molecule has 2 N–H and O–H groups in total. The Hall–Kier alpha value is -1.47. The second-order valence-electron chi connectivity index (χ2n) is 2.87. The number of carbonyl (C=O) groups excluding carboxylic acids is 1. The third-order valence-electron chi connectivity index (χ3n) is 1.91. The van der Waals surface area contributed by atoms with E-state index in [1.165, 1.54) is 11.8 Å². The van der Waals surface area contributed by atoms with Crippen molar-refractivity contribution in [3.8, 4) is 0 Å². The first kappa shape index (κ1) is 11.6. The molecule has 0 bridgehead atoms. The first-order valence-corrected chi connectivity index (χ1v) is 4.49. The fraction of sp³-hybridized carbons (Fsp3) is 0.625. The Kier molecular flexibility index (Phi) is 4.19. The summed E-state index contributed by atoms with van der Waals surface area (Å²) in [7, 11) is 2.94. The number of nitrogens with one attached hydrogen (secondary N) is 1. The summed E-state index contributed by atoms with van der Waals surface area (Å²) in [4.78, 5) is 11.3. The second-order valence-corrected chi connectivity index (χ2v) is 2.87. The van der Waals surface area contributed by atoms with Crippen molar-refractivity contribution in [1.82, 2.24) is 20.3 Å². The molecule has 0 aliphatic carbocycles. The lowest BCUT2D eigenvalue weighted by Gasteiger charge is -2.09. The van der Waals surface area contributed by atoms with Crippen LogP contribution in [-0.2, 0) is 16.1 Å². The number of esters is 1. The van der Waals surface area contributed by atoms with Crippen molar-refractivity contribution < 1.29 is 14.6 Å². The Morgan fingerprint density at radius 1 is 1.80 bits per heavy atom. The Labute approximate surface area is 87.0 Å². The quantitative estimate of drug-likeness (QED) is 0.592. The highest BCUT2D eigenvalue weighted by molar-refractivity contribution is 5.76. The van der Waals surface area contributed by atoms with E-state index < -0.39 is 12.0 Å². The van der Waals surface area contributed by atoms with Gasteiger partial charge in [0.05, 0.1) is 26.5 Å². The standard InChI is InChI=1S/C8H14N4O3/c1-9-7(8(14)15-2)6-5-12(3-4-13)11-10-6/h5,7,9,13H,3-4H2,1-2H3. The molecule has 1 aromatic heterocycles. The molecule has 1 atom stereocenters. The van der Waals surface area contributed by atoms with Gasteiger partial charge in [0.2, 0.25) is 0 Å². The molecule has 0 aliphatic heterocycles. The van der Waals surface area contributed by atoms with Crippen molar-refractivity contribution in [2.24, 2.45) is 0 Å². The first-order chi connectivity index (χ1) is 7.22. The summed E-state index contributed by atoms with van der Waals surface area (Å²) in [5.41, 5.74) is 0.470. The molecule has 84 valence electrons. The zero-order chi connectivity index (χ0) is 11.3. The molecule has 0 amide bonds. The molecule has 0 saturated heterocycles. The maximum absolute atomic E-state index is 11.3. The number of hydrogen-bond acceptors (Lipinski definition) is 6. The molecule has 1 heterocycles. The van der Waals surface area contributed by atoms with Crippen molar-refractivity contribution in [3.63, 3.8) is 0 Å². The van der Waals surface area contributed by atoms with Crippen molar-refractivity contribution in [1.29, 1.82) is 0 Å². The number of aliphatic hydroxyl groups is 1. The average molecular weight is 214 g/mol. The molecule has 7 nitrogen and oxygen atoms in total. The van der Waals surface area contributed by atoms with E-state index in [2.05, 4.69) is 20.4 Å². The first-order valence-electron chi connectivity index (χ1n) is 4.49. The minimum absolute atomic E-state index is 0.0226. The summed E-state index contributed by atoms with van der Waals surface area (Å²) in [6, 6.07) is -0.623. The molecular formula is C8H14N4O3. The SMILES string of the molecule is CNC(C(=O)OC)c1cn(CCO)nn1. The van der Waals surface area contributed by atoms with Crippen LogP contribution in [0.5, 0.6) is 0 Å². The number of aromatic nitrogens is 3. The van der Waals surface area contributed by atoms with Gasteiger partial charge >= 0.3 is 5.97 Å². The minimum Gasteiger partial charge on any atom is -0.468 e. The van der Waals surface area contributed by atoms with Gasteiger partial charge in [0.1, 0.15) is 5.69 Å². The molecule has 0 saturated carbocycles. The lowest BCUT2D eigenvalue weighted by molar-refractivity contribution is -0.143. The maximum Gasteiger partial charge on any atom is 0.329 e. The van der Waals surface area contributed by atoms with Gasteiger partial charge in [-0.25, -0.2) is 9.48 Å². The molecule has 0 spiro atoms. The Bertz CT molecular complexity index is 325. The van der Waals surface area contributed by atoms with E-state index in [0.29, 0.717) is 12.2 Å². The van der Waals surface area contributed by atoms with Crippen molar-refractivity contribution in [3.05, 3.63) is 11.9 Å². The average Bonchev–Trinajstić information content (AvgIpc) is 2.68. The van der Waals surface area contributed by atoms with Crippen LogP contribution in [0.3, 0.4) is 0 Å². The monoisotopic (exact) mass is 214 g/mol. The predicted molar refractivity (Wildman–Crippen MR) is 50.9 cm³/mol. The summed E-state index contributed by atoms with van der Waals surface area (Å²) in [6.07, 6.45) is 1.59. The van der Waals surface area contributed by atoms with Crippen LogP contribution in [0.4, 0.5) is 0 Å². The van der Waals surface area contributed by atoms with Gasteiger partial charge in [0.25, 0.3) is 0 Å². The molecule has 1 unspecified atom stereocenters. The van der Waals surface area contributed by atoms with Crippen LogP contribution >= 0.6 is 0 Å². The second kappa shape index (κ2) is 5.42. The maximum atomic E-state index is 11.3. The third-order valence-corrected chi connectivity index (χ3v) is 1.91. The number of nitrogens with zero attached hydrogens (tertiary/aromatic N) is 3. The van der Waals surface area contributed by atoms with Gasteiger partial charge in [0.15, 0.2) is 6.04 Å². The topological polar surface area (TPSA) is 89.3 Å². The molecule has 15 heavy (non-hydrogen) atoms. The van der Waals surface area contributed by atoms with Gasteiger partial charge in [-0.15, -0.1) is 5.10 Å². The van der Waals surface area contributed by atoms with Crippen LogP contribution in [0.2, 0.25) is 0 Å². The largest absolute Gasteiger partial charge is 0.468 e. The van der Waals surface area contributed by atoms with Crippen molar-refractivity contribution >= 4 is 5.97 Å². The number of methoxy groups -OCH3 is 1. The van der Waals surface area contributed by atoms with Gasteiger partial charge in [-0.05, 0) is 7.05 Å². The molecule has 0 aromatic carbocycles. The van der Waals surface area contributed by atoms with E-state index in [1.807, 2.05) is 0 Å². The molecular weight excluding hydrogens is 200 g/mol. The number of hydrogen-bond donors (Lipinski definition) is 2. The molecule has 0 fully saturated rings. The third kappa shape index (κ3) is 2.74. The summed E-state index contributed by atoms with van der Waals surface area (Å²) >= 11 is 0. The molecule has 1 aromatic rings.